The van der Waals surface area contributed by atoms with E-state index in [2.05, 4.69) is 22.3 Å². The number of carbonyl (C=O) groups is 2. The Bertz CT molecular complexity index is 716. The van der Waals surface area contributed by atoms with Gasteiger partial charge >= 0.3 is 5.97 Å². The van der Waals surface area contributed by atoms with Crippen LogP contribution < -0.4 is 5.32 Å². The van der Waals surface area contributed by atoms with Crippen molar-refractivity contribution in [3.63, 3.8) is 0 Å². The Morgan fingerprint density at radius 2 is 1.85 bits per heavy atom. The molecule has 1 atom stereocenters. The monoisotopic (exact) mass is 370 g/mol. The predicted octanol–water partition coefficient (Wildman–Crippen LogP) is 1.44. The summed E-state index contributed by atoms with van der Waals surface area (Å²) in [6.45, 7) is 6.90. The van der Waals surface area contributed by atoms with Crippen LogP contribution >= 0.6 is 0 Å². The molecule has 0 aromatic heterocycles. The van der Waals surface area contributed by atoms with E-state index in [-0.39, 0.29) is 17.4 Å². The smallest absolute Gasteiger partial charge is 0.326 e. The lowest BCUT2D eigenvalue weighted by Crippen LogP contribution is -2.48. The van der Waals surface area contributed by atoms with Gasteiger partial charge in [-0.25, -0.2) is 4.79 Å². The van der Waals surface area contributed by atoms with Crippen LogP contribution in [0.2, 0.25) is 0 Å². The SMILES string of the molecule is CC(C)C(N/C=C(/C#N)C(=O)N1CCN(Cc2ccccc2)CC1)C(=O)O. The second-order valence-corrected chi connectivity index (χ2v) is 6.95. The van der Waals surface area contributed by atoms with E-state index in [1.165, 1.54) is 11.8 Å². The standard InChI is InChI=1S/C20H26N4O3/c1-15(2)18(20(26)27)22-13-17(12-21)19(25)24-10-8-23(9-11-24)14-16-6-4-3-5-7-16/h3-7,13,15,18,22H,8-11,14H2,1-2H3,(H,26,27)/b17-13-. The summed E-state index contributed by atoms with van der Waals surface area (Å²) in [7, 11) is 0. The molecule has 1 aromatic carbocycles. The summed E-state index contributed by atoms with van der Waals surface area (Å²) in [6.07, 6.45) is 1.23. The van der Waals surface area contributed by atoms with Crippen LogP contribution in [0.1, 0.15) is 19.4 Å². The maximum absolute atomic E-state index is 12.6. The van der Waals surface area contributed by atoms with E-state index in [0.717, 1.165) is 19.6 Å². The normalized spacial score (nSPS) is 16.7. The molecule has 0 saturated carbocycles. The number of carboxylic acids is 1. The first-order valence-electron chi connectivity index (χ1n) is 9.07. The van der Waals surface area contributed by atoms with E-state index < -0.39 is 12.0 Å². The predicted molar refractivity (Wildman–Crippen MR) is 101 cm³/mol. The first kappa shape index (κ1) is 20.5. The van der Waals surface area contributed by atoms with E-state index in [9.17, 15) is 20.0 Å². The minimum Gasteiger partial charge on any atom is -0.480 e. The van der Waals surface area contributed by atoms with Crippen LogP contribution in [0.5, 0.6) is 0 Å². The summed E-state index contributed by atoms with van der Waals surface area (Å²) in [5.74, 6) is -1.55. The lowest BCUT2D eigenvalue weighted by Gasteiger charge is -2.34. The number of piperazine rings is 1. The molecular weight excluding hydrogens is 344 g/mol. The topological polar surface area (TPSA) is 96.7 Å². The maximum Gasteiger partial charge on any atom is 0.326 e. The first-order valence-corrected chi connectivity index (χ1v) is 9.07. The van der Waals surface area contributed by atoms with Gasteiger partial charge in [-0.3, -0.25) is 9.69 Å². The van der Waals surface area contributed by atoms with Crippen LogP contribution in [0, 0.1) is 17.2 Å². The molecule has 27 heavy (non-hydrogen) atoms. The number of carbonyl (C=O) groups excluding carboxylic acids is 1. The fraction of sp³-hybridized carbons (Fsp3) is 0.450. The molecule has 1 fully saturated rings. The molecule has 0 radical (unpaired) electrons. The van der Waals surface area contributed by atoms with Crippen molar-refractivity contribution < 1.29 is 14.7 Å². The lowest BCUT2D eigenvalue weighted by molar-refractivity contribution is -0.140. The van der Waals surface area contributed by atoms with Gasteiger partial charge in [0.15, 0.2) is 0 Å². The summed E-state index contributed by atoms with van der Waals surface area (Å²) in [5.41, 5.74) is 1.16. The molecule has 1 amide bonds. The molecule has 1 aliphatic rings. The number of nitriles is 1. The Hall–Kier alpha value is -2.85. The number of nitrogens with zero attached hydrogens (tertiary/aromatic N) is 3. The van der Waals surface area contributed by atoms with Crippen LogP contribution in [0.4, 0.5) is 0 Å². The second-order valence-electron chi connectivity index (χ2n) is 6.95. The molecule has 0 spiro atoms. The van der Waals surface area contributed by atoms with Crippen molar-refractivity contribution in [1.29, 1.82) is 5.26 Å². The largest absolute Gasteiger partial charge is 0.480 e. The Morgan fingerprint density at radius 1 is 1.22 bits per heavy atom. The van der Waals surface area contributed by atoms with Gasteiger partial charge in [0.2, 0.25) is 0 Å². The molecule has 1 aliphatic heterocycles. The Labute approximate surface area is 159 Å². The van der Waals surface area contributed by atoms with Crippen LogP contribution in [0.3, 0.4) is 0 Å². The number of hydrogen-bond donors (Lipinski definition) is 2. The fourth-order valence-electron chi connectivity index (χ4n) is 2.98. The molecule has 0 bridgehead atoms. The molecule has 1 aromatic rings. The third-order valence-corrected chi connectivity index (χ3v) is 4.60. The summed E-state index contributed by atoms with van der Waals surface area (Å²) in [5, 5.41) is 21.2. The van der Waals surface area contributed by atoms with Crippen molar-refractivity contribution in [3.8, 4) is 6.07 Å². The summed E-state index contributed by atoms with van der Waals surface area (Å²) < 4.78 is 0. The summed E-state index contributed by atoms with van der Waals surface area (Å²) in [4.78, 5) is 27.7. The van der Waals surface area contributed by atoms with Crippen LogP contribution in [0.15, 0.2) is 42.1 Å². The van der Waals surface area contributed by atoms with E-state index in [1.807, 2.05) is 24.3 Å². The van der Waals surface area contributed by atoms with Gasteiger partial charge in [-0.05, 0) is 11.5 Å². The number of aliphatic carboxylic acids is 1. The van der Waals surface area contributed by atoms with Gasteiger partial charge < -0.3 is 15.3 Å². The molecule has 144 valence electrons. The van der Waals surface area contributed by atoms with E-state index in [0.29, 0.717) is 13.1 Å². The highest BCUT2D eigenvalue weighted by Crippen LogP contribution is 2.11. The zero-order valence-electron chi connectivity index (χ0n) is 15.8. The fourth-order valence-corrected chi connectivity index (χ4v) is 2.98. The maximum atomic E-state index is 12.6. The Balaban J connectivity index is 1.92. The highest BCUT2D eigenvalue weighted by Gasteiger charge is 2.25. The molecule has 1 unspecified atom stereocenters. The molecule has 2 N–H and O–H groups in total. The number of rotatable bonds is 7. The van der Waals surface area contributed by atoms with Crippen molar-refractivity contribution in [3.05, 3.63) is 47.7 Å². The van der Waals surface area contributed by atoms with Crippen molar-refractivity contribution in [1.82, 2.24) is 15.1 Å². The third-order valence-electron chi connectivity index (χ3n) is 4.60. The minimum atomic E-state index is -1.01. The number of benzene rings is 1. The molecular formula is C20H26N4O3. The van der Waals surface area contributed by atoms with E-state index in [1.54, 1.807) is 18.7 Å². The number of nitrogens with one attached hydrogen (secondary N) is 1. The number of carboxylic acid groups (broad SMARTS) is 1. The van der Waals surface area contributed by atoms with Crippen LogP contribution in [-0.4, -0.2) is 59.0 Å². The van der Waals surface area contributed by atoms with E-state index in [4.69, 9.17) is 0 Å². The zero-order valence-corrected chi connectivity index (χ0v) is 15.8. The molecule has 0 aliphatic carbocycles. The van der Waals surface area contributed by atoms with Crippen molar-refractivity contribution >= 4 is 11.9 Å². The third kappa shape index (κ3) is 5.83. The summed E-state index contributed by atoms with van der Waals surface area (Å²) in [6, 6.07) is 11.2. The lowest BCUT2D eigenvalue weighted by atomic mass is 10.1. The van der Waals surface area contributed by atoms with Gasteiger partial charge in [0.05, 0.1) is 0 Å². The van der Waals surface area contributed by atoms with Gasteiger partial charge in [-0.1, -0.05) is 44.2 Å². The minimum absolute atomic E-state index is 0.0709. The van der Waals surface area contributed by atoms with Gasteiger partial charge in [0, 0.05) is 38.9 Å². The van der Waals surface area contributed by atoms with Crippen molar-refractivity contribution in [2.24, 2.45) is 5.92 Å². The Morgan fingerprint density at radius 3 is 2.37 bits per heavy atom. The van der Waals surface area contributed by atoms with Gasteiger partial charge in [0.25, 0.3) is 5.91 Å². The first-order chi connectivity index (χ1) is 12.9. The number of amides is 1. The highest BCUT2D eigenvalue weighted by atomic mass is 16.4. The number of hydrogen-bond acceptors (Lipinski definition) is 5. The molecule has 7 heteroatoms. The van der Waals surface area contributed by atoms with Crippen LogP contribution in [-0.2, 0) is 16.1 Å². The van der Waals surface area contributed by atoms with Crippen LogP contribution in [0.25, 0.3) is 0 Å². The molecule has 1 heterocycles. The Kier molecular flexibility index (Phi) is 7.38. The second kappa shape index (κ2) is 9.74. The highest BCUT2D eigenvalue weighted by molar-refractivity contribution is 5.97. The quantitative estimate of drug-likeness (QED) is 0.557. The average molecular weight is 370 g/mol. The molecule has 2 rings (SSSR count). The van der Waals surface area contributed by atoms with Crippen molar-refractivity contribution in [2.45, 2.75) is 26.4 Å². The summed E-state index contributed by atoms with van der Waals surface area (Å²) >= 11 is 0. The van der Waals surface area contributed by atoms with Gasteiger partial charge in [0.1, 0.15) is 17.7 Å². The zero-order chi connectivity index (χ0) is 19.8. The van der Waals surface area contributed by atoms with E-state index >= 15 is 0 Å². The van der Waals surface area contributed by atoms with Gasteiger partial charge in [-0.15, -0.1) is 0 Å². The average Bonchev–Trinajstić information content (AvgIpc) is 2.65. The van der Waals surface area contributed by atoms with Gasteiger partial charge in [-0.2, -0.15) is 5.26 Å². The molecule has 1 saturated heterocycles. The molecule has 7 nitrogen and oxygen atoms in total. The van der Waals surface area contributed by atoms with Crippen molar-refractivity contribution in [2.75, 3.05) is 26.2 Å².